The first-order valence-electron chi connectivity index (χ1n) is 15.7. The van der Waals surface area contributed by atoms with Crippen molar-refractivity contribution in [3.8, 4) is 0 Å². The first-order valence-corrected chi connectivity index (χ1v) is 15.7. The number of alkyl halides is 3. The van der Waals surface area contributed by atoms with Gasteiger partial charge in [-0.3, -0.25) is 19.2 Å². The van der Waals surface area contributed by atoms with E-state index >= 15 is 0 Å². The highest BCUT2D eigenvalue weighted by Crippen LogP contribution is 2.38. The predicted molar refractivity (Wildman–Crippen MR) is 160 cm³/mol. The average molecular weight is 647 g/mol. The van der Waals surface area contributed by atoms with E-state index in [1.807, 2.05) is 0 Å². The van der Waals surface area contributed by atoms with Crippen LogP contribution in [-0.2, 0) is 23.1 Å². The fourth-order valence-corrected chi connectivity index (χ4v) is 6.38. The van der Waals surface area contributed by atoms with E-state index in [1.165, 1.54) is 10.9 Å². The van der Waals surface area contributed by atoms with Gasteiger partial charge in [-0.1, -0.05) is 19.3 Å². The van der Waals surface area contributed by atoms with Gasteiger partial charge >= 0.3 is 12.3 Å². The summed E-state index contributed by atoms with van der Waals surface area (Å²) in [6.07, 6.45) is 4.13. The molecule has 4 heterocycles. The number of nitrogens with zero attached hydrogens (tertiary/aromatic N) is 6. The van der Waals surface area contributed by atoms with Gasteiger partial charge in [-0.05, 0) is 70.1 Å². The molecule has 3 aromatic heterocycles. The Morgan fingerprint density at radius 2 is 1.80 bits per heavy atom. The van der Waals surface area contributed by atoms with Gasteiger partial charge in [-0.15, -0.1) is 0 Å². The largest absolute Gasteiger partial charge is 0.444 e. The molecule has 12 nitrogen and oxygen atoms in total. The van der Waals surface area contributed by atoms with E-state index in [4.69, 9.17) is 9.72 Å². The van der Waals surface area contributed by atoms with Gasteiger partial charge in [0.15, 0.2) is 5.65 Å². The Labute approximate surface area is 265 Å². The number of aryl methyl sites for hydroxylation is 1. The molecule has 2 N–H and O–H groups in total. The Morgan fingerprint density at radius 1 is 1.07 bits per heavy atom. The number of hydrogen-bond acceptors (Lipinski definition) is 7. The van der Waals surface area contributed by atoms with Crippen molar-refractivity contribution in [3.63, 3.8) is 0 Å². The van der Waals surface area contributed by atoms with Crippen LogP contribution in [-0.4, -0.2) is 71.5 Å². The second-order valence-electron chi connectivity index (χ2n) is 13.1. The van der Waals surface area contributed by atoms with Crippen LogP contribution in [0.2, 0.25) is 0 Å². The van der Waals surface area contributed by atoms with Crippen molar-refractivity contribution in [2.75, 3.05) is 6.54 Å². The SMILES string of the molecule is Cn1nccc1C(=O)N[C@H](c1cn2ncc(CNC(=O)[C@H]3[C@H](C(F)(F)F)CCCN3C(=O)OC(C)(C)C)cc2n1)C1CCCCC1. The van der Waals surface area contributed by atoms with Crippen LogP contribution in [0.15, 0.2) is 30.7 Å². The zero-order valence-electron chi connectivity index (χ0n) is 26.5. The molecule has 2 fully saturated rings. The zero-order chi connectivity index (χ0) is 33.2. The fourth-order valence-electron chi connectivity index (χ4n) is 6.38. The summed E-state index contributed by atoms with van der Waals surface area (Å²) in [6, 6.07) is 1.20. The van der Waals surface area contributed by atoms with Crippen LogP contribution in [0.1, 0.15) is 93.5 Å². The number of likely N-dealkylation sites (tertiary alicyclic amines) is 1. The molecule has 1 saturated heterocycles. The summed E-state index contributed by atoms with van der Waals surface area (Å²) in [4.78, 5) is 45.0. The molecular weight excluding hydrogens is 605 g/mol. The quantitative estimate of drug-likeness (QED) is 0.380. The molecule has 3 aromatic rings. The number of aromatic nitrogens is 5. The summed E-state index contributed by atoms with van der Waals surface area (Å²) in [5.41, 5.74) is 1.09. The highest BCUT2D eigenvalue weighted by molar-refractivity contribution is 5.92. The van der Waals surface area contributed by atoms with Crippen LogP contribution >= 0.6 is 0 Å². The molecule has 3 atom stereocenters. The number of rotatable bonds is 7. The van der Waals surface area contributed by atoms with E-state index < -0.39 is 35.7 Å². The minimum atomic E-state index is -4.68. The molecule has 15 heteroatoms. The van der Waals surface area contributed by atoms with Gasteiger partial charge in [-0.25, -0.2) is 14.3 Å². The monoisotopic (exact) mass is 646 g/mol. The summed E-state index contributed by atoms with van der Waals surface area (Å²) in [5, 5.41) is 14.2. The lowest BCUT2D eigenvalue weighted by molar-refractivity contribution is -0.201. The topological polar surface area (TPSA) is 136 Å². The van der Waals surface area contributed by atoms with Crippen LogP contribution in [0.3, 0.4) is 0 Å². The summed E-state index contributed by atoms with van der Waals surface area (Å²) in [6.45, 7) is 4.69. The first-order chi connectivity index (χ1) is 21.7. The number of halogens is 3. The Bertz CT molecular complexity index is 1560. The van der Waals surface area contributed by atoms with Crippen LogP contribution in [0.5, 0.6) is 0 Å². The normalized spacial score (nSPS) is 20.4. The smallest absolute Gasteiger partial charge is 0.410 e. The molecule has 1 saturated carbocycles. The summed E-state index contributed by atoms with van der Waals surface area (Å²) in [7, 11) is 1.70. The molecule has 2 aliphatic rings. The maximum Gasteiger partial charge on any atom is 0.410 e. The van der Waals surface area contributed by atoms with E-state index in [1.54, 1.807) is 56.9 Å². The van der Waals surface area contributed by atoms with E-state index in [-0.39, 0.29) is 43.8 Å². The third-order valence-corrected chi connectivity index (χ3v) is 8.59. The van der Waals surface area contributed by atoms with E-state index in [2.05, 4.69) is 20.8 Å². The van der Waals surface area contributed by atoms with Gasteiger partial charge in [-0.2, -0.15) is 23.4 Å². The second-order valence-corrected chi connectivity index (χ2v) is 13.1. The highest BCUT2D eigenvalue weighted by atomic mass is 19.4. The number of piperidine rings is 1. The van der Waals surface area contributed by atoms with E-state index in [9.17, 15) is 27.6 Å². The maximum absolute atomic E-state index is 14.0. The minimum Gasteiger partial charge on any atom is -0.444 e. The van der Waals surface area contributed by atoms with E-state index in [0.717, 1.165) is 37.0 Å². The second kappa shape index (κ2) is 13.3. The van der Waals surface area contributed by atoms with Gasteiger partial charge in [0.1, 0.15) is 17.3 Å². The molecule has 0 radical (unpaired) electrons. The number of ether oxygens (including phenoxy) is 1. The molecule has 1 aliphatic heterocycles. The Morgan fingerprint density at radius 3 is 2.46 bits per heavy atom. The van der Waals surface area contributed by atoms with Crippen LogP contribution in [0, 0.1) is 11.8 Å². The van der Waals surface area contributed by atoms with E-state index in [0.29, 0.717) is 22.6 Å². The van der Waals surface area contributed by atoms with Crippen LogP contribution < -0.4 is 10.6 Å². The Hall–Kier alpha value is -4.17. The summed E-state index contributed by atoms with van der Waals surface area (Å²) < 4.78 is 50.5. The minimum absolute atomic E-state index is 0.0246. The van der Waals surface area contributed by atoms with Gasteiger partial charge in [0, 0.05) is 26.3 Å². The maximum atomic E-state index is 14.0. The Balaban J connectivity index is 1.34. The molecule has 1 aliphatic carbocycles. The van der Waals surface area contributed by atoms with Crippen LogP contribution in [0.25, 0.3) is 5.65 Å². The molecule has 0 bridgehead atoms. The third kappa shape index (κ3) is 7.61. The summed E-state index contributed by atoms with van der Waals surface area (Å²) >= 11 is 0. The average Bonchev–Trinajstić information content (AvgIpc) is 3.63. The van der Waals surface area contributed by atoms with Crippen molar-refractivity contribution < 1.29 is 32.3 Å². The summed E-state index contributed by atoms with van der Waals surface area (Å²) in [5.74, 6) is -3.03. The number of carbonyl (C=O) groups excluding carboxylic acids is 3. The van der Waals surface area contributed by atoms with Crippen molar-refractivity contribution in [3.05, 3.63) is 47.7 Å². The van der Waals surface area contributed by atoms with Crippen LogP contribution in [0.4, 0.5) is 18.0 Å². The van der Waals surface area contributed by atoms with Crippen molar-refractivity contribution in [1.82, 2.24) is 39.9 Å². The molecule has 3 amide bonds. The molecule has 0 spiro atoms. The molecule has 250 valence electrons. The lowest BCUT2D eigenvalue weighted by Gasteiger charge is -2.41. The standard InChI is InChI=1S/C31H41F3N8O4/c1-30(2,3)46-29(45)41-14-8-11-21(31(32,33)34)26(41)28(44)35-16-19-15-24-38-22(18-42(24)37-17-19)25(20-9-6-5-7-10-20)39-27(43)23-12-13-36-40(23)4/h12-13,15,17-18,20-21,25-26H,5-11,14,16H2,1-4H3,(H,35,44)(H,39,43)/t21-,25+,26-/m1/s1. The first kappa shape index (κ1) is 33.2. The number of hydrogen-bond donors (Lipinski definition) is 2. The van der Waals surface area contributed by atoms with Gasteiger partial charge in [0.2, 0.25) is 5.91 Å². The molecule has 5 rings (SSSR count). The van der Waals surface area contributed by atoms with Gasteiger partial charge < -0.3 is 15.4 Å². The third-order valence-electron chi connectivity index (χ3n) is 8.59. The number of amides is 3. The molecule has 46 heavy (non-hydrogen) atoms. The number of imidazole rings is 1. The fraction of sp³-hybridized carbons (Fsp3) is 0.613. The molecule has 0 unspecified atom stereocenters. The van der Waals surface area contributed by atoms with Crippen molar-refractivity contribution in [2.45, 2.75) is 96.1 Å². The molecular formula is C31H41F3N8O4. The Kier molecular flexibility index (Phi) is 9.59. The number of carbonyl (C=O) groups is 3. The zero-order valence-corrected chi connectivity index (χ0v) is 26.5. The van der Waals surface area contributed by atoms with Gasteiger partial charge in [0.05, 0.1) is 30.0 Å². The lowest BCUT2D eigenvalue weighted by Crippen LogP contribution is -2.59. The highest BCUT2D eigenvalue weighted by Gasteiger charge is 2.53. The van der Waals surface area contributed by atoms with Crippen molar-refractivity contribution in [2.24, 2.45) is 18.9 Å². The lowest BCUT2D eigenvalue weighted by atomic mass is 9.82. The number of nitrogens with one attached hydrogen (secondary N) is 2. The molecule has 0 aromatic carbocycles. The van der Waals surface area contributed by atoms with Gasteiger partial charge in [0.25, 0.3) is 5.91 Å². The number of fused-ring (bicyclic) bond motifs is 1. The van der Waals surface area contributed by atoms with Crippen molar-refractivity contribution >= 4 is 23.6 Å². The van der Waals surface area contributed by atoms with Crippen molar-refractivity contribution in [1.29, 1.82) is 0 Å². The predicted octanol–water partition coefficient (Wildman–Crippen LogP) is 4.71.